The number of nitrogens with zero attached hydrogens (tertiary/aromatic N) is 2. The lowest BCUT2D eigenvalue weighted by atomic mass is 10.0. The Morgan fingerprint density at radius 1 is 1.35 bits per heavy atom. The van der Waals surface area contributed by atoms with E-state index in [4.69, 9.17) is 5.26 Å². The van der Waals surface area contributed by atoms with Crippen molar-refractivity contribution in [3.63, 3.8) is 0 Å². The highest BCUT2D eigenvalue weighted by Gasteiger charge is 2.10. The van der Waals surface area contributed by atoms with Crippen LogP contribution in [0.1, 0.15) is 22.9 Å². The minimum Gasteiger partial charge on any atom is -0.304 e. The summed E-state index contributed by atoms with van der Waals surface area (Å²) < 4.78 is 0. The van der Waals surface area contributed by atoms with E-state index in [2.05, 4.69) is 16.4 Å². The molecule has 1 aromatic heterocycles. The predicted molar refractivity (Wildman–Crippen MR) is 68.4 cm³/mol. The van der Waals surface area contributed by atoms with E-state index in [1.165, 1.54) is 4.88 Å². The highest BCUT2D eigenvalue weighted by molar-refractivity contribution is 7.09. The number of rotatable bonds is 5. The largest absolute Gasteiger partial charge is 0.304 e. The first-order valence-electron chi connectivity index (χ1n) is 5.43. The molecule has 0 aliphatic carbocycles. The molecule has 2 rings (SSSR count). The summed E-state index contributed by atoms with van der Waals surface area (Å²) in [5.41, 5.74) is 2.97. The summed E-state index contributed by atoms with van der Waals surface area (Å²) in [6.45, 7) is 0.756. The van der Waals surface area contributed by atoms with Gasteiger partial charge in [-0.25, -0.2) is 0 Å². The third-order valence-electron chi connectivity index (χ3n) is 2.50. The van der Waals surface area contributed by atoms with E-state index in [1.807, 2.05) is 42.0 Å². The lowest BCUT2D eigenvalue weighted by Gasteiger charge is -2.15. The van der Waals surface area contributed by atoms with Gasteiger partial charge in [-0.1, -0.05) is 30.3 Å². The van der Waals surface area contributed by atoms with Crippen LogP contribution in [0.5, 0.6) is 0 Å². The van der Waals surface area contributed by atoms with Crippen LogP contribution in [0.25, 0.3) is 0 Å². The van der Waals surface area contributed by atoms with Crippen molar-refractivity contribution in [2.75, 3.05) is 0 Å². The minimum atomic E-state index is 0.0864. The second kappa shape index (κ2) is 6.14. The van der Waals surface area contributed by atoms with Gasteiger partial charge in [-0.3, -0.25) is 4.98 Å². The summed E-state index contributed by atoms with van der Waals surface area (Å²) in [5.74, 6) is 0. The number of nitriles is 1. The molecule has 4 heteroatoms. The molecule has 1 N–H and O–H groups in total. The second-order valence-electron chi connectivity index (χ2n) is 3.67. The molecule has 3 nitrogen and oxygen atoms in total. The first-order valence-corrected chi connectivity index (χ1v) is 6.31. The Kier molecular flexibility index (Phi) is 4.25. The highest BCUT2D eigenvalue weighted by atomic mass is 32.1. The van der Waals surface area contributed by atoms with Crippen molar-refractivity contribution in [2.24, 2.45) is 0 Å². The average molecular weight is 243 g/mol. The lowest BCUT2D eigenvalue weighted by molar-refractivity contribution is 0.545. The van der Waals surface area contributed by atoms with Crippen molar-refractivity contribution in [3.8, 4) is 6.07 Å². The van der Waals surface area contributed by atoms with Gasteiger partial charge in [-0.2, -0.15) is 5.26 Å². The summed E-state index contributed by atoms with van der Waals surface area (Å²) in [6.07, 6.45) is 2.33. The topological polar surface area (TPSA) is 48.7 Å². The van der Waals surface area contributed by atoms with Crippen LogP contribution < -0.4 is 5.32 Å². The molecule has 0 fully saturated rings. The van der Waals surface area contributed by atoms with E-state index in [0.717, 1.165) is 12.1 Å². The molecule has 2 aromatic rings. The van der Waals surface area contributed by atoms with Crippen molar-refractivity contribution < 1.29 is 0 Å². The van der Waals surface area contributed by atoms with Gasteiger partial charge in [-0.15, -0.1) is 11.3 Å². The van der Waals surface area contributed by atoms with Gasteiger partial charge in [0.1, 0.15) is 0 Å². The maximum absolute atomic E-state index is 8.86. The summed E-state index contributed by atoms with van der Waals surface area (Å²) in [5, 5.41) is 12.2. The third-order valence-corrected chi connectivity index (χ3v) is 3.28. The molecular formula is C13H13N3S. The SMILES string of the molecule is N#CCC(NCc1cncs1)c1ccccc1. The monoisotopic (exact) mass is 243 g/mol. The summed E-state index contributed by atoms with van der Waals surface area (Å²) in [4.78, 5) is 5.22. The van der Waals surface area contributed by atoms with Gasteiger partial charge in [0.25, 0.3) is 0 Å². The van der Waals surface area contributed by atoms with E-state index in [1.54, 1.807) is 11.3 Å². The Morgan fingerprint density at radius 3 is 2.82 bits per heavy atom. The maximum atomic E-state index is 8.86. The zero-order valence-corrected chi connectivity index (χ0v) is 10.2. The number of nitrogens with one attached hydrogen (secondary N) is 1. The van der Waals surface area contributed by atoms with Crippen LogP contribution >= 0.6 is 11.3 Å². The van der Waals surface area contributed by atoms with E-state index in [9.17, 15) is 0 Å². The van der Waals surface area contributed by atoms with Gasteiger partial charge >= 0.3 is 0 Å². The molecule has 0 bridgehead atoms. The highest BCUT2D eigenvalue weighted by Crippen LogP contribution is 2.17. The van der Waals surface area contributed by atoms with Crippen LogP contribution in [-0.2, 0) is 6.54 Å². The molecular weight excluding hydrogens is 230 g/mol. The Morgan fingerprint density at radius 2 is 2.18 bits per heavy atom. The molecule has 86 valence electrons. The Bertz CT molecular complexity index is 473. The summed E-state index contributed by atoms with van der Waals surface area (Å²) in [7, 11) is 0. The Balaban J connectivity index is 2.01. The molecule has 1 heterocycles. The fourth-order valence-corrected chi connectivity index (χ4v) is 2.18. The van der Waals surface area contributed by atoms with Crippen LogP contribution in [0.15, 0.2) is 42.0 Å². The van der Waals surface area contributed by atoms with E-state index >= 15 is 0 Å². The number of hydrogen-bond donors (Lipinski definition) is 1. The van der Waals surface area contributed by atoms with Crippen molar-refractivity contribution in [2.45, 2.75) is 19.0 Å². The first kappa shape index (κ1) is 11.8. The van der Waals surface area contributed by atoms with Gasteiger partial charge in [0.15, 0.2) is 0 Å². The fourth-order valence-electron chi connectivity index (χ4n) is 1.64. The normalized spacial score (nSPS) is 11.9. The van der Waals surface area contributed by atoms with E-state index in [0.29, 0.717) is 6.42 Å². The van der Waals surface area contributed by atoms with Gasteiger partial charge in [0, 0.05) is 23.7 Å². The predicted octanol–water partition coefficient (Wildman–Crippen LogP) is 2.89. The lowest BCUT2D eigenvalue weighted by Crippen LogP contribution is -2.20. The van der Waals surface area contributed by atoms with E-state index < -0.39 is 0 Å². The number of hydrogen-bond acceptors (Lipinski definition) is 4. The molecule has 0 spiro atoms. The number of benzene rings is 1. The third kappa shape index (κ3) is 3.38. The van der Waals surface area contributed by atoms with Crippen LogP contribution in [-0.4, -0.2) is 4.98 Å². The maximum Gasteiger partial charge on any atom is 0.0794 e. The quantitative estimate of drug-likeness (QED) is 0.878. The van der Waals surface area contributed by atoms with Gasteiger partial charge < -0.3 is 5.32 Å². The standard InChI is InChI=1S/C13H13N3S/c14-7-6-13(11-4-2-1-3-5-11)16-9-12-8-15-10-17-12/h1-5,8,10,13,16H,6,9H2. The molecule has 0 aliphatic heterocycles. The molecule has 0 saturated carbocycles. The first-order chi connectivity index (χ1) is 8.40. The molecule has 17 heavy (non-hydrogen) atoms. The van der Waals surface area contributed by atoms with Crippen molar-refractivity contribution in [3.05, 3.63) is 52.5 Å². The molecule has 1 aromatic carbocycles. The number of thiazole rings is 1. The van der Waals surface area contributed by atoms with Crippen LogP contribution in [0, 0.1) is 11.3 Å². The molecule has 0 saturated heterocycles. The molecule has 0 radical (unpaired) electrons. The minimum absolute atomic E-state index is 0.0864. The van der Waals surface area contributed by atoms with Crippen molar-refractivity contribution in [1.82, 2.24) is 10.3 Å². The van der Waals surface area contributed by atoms with Gasteiger partial charge in [-0.05, 0) is 5.56 Å². The second-order valence-corrected chi connectivity index (χ2v) is 4.65. The molecule has 0 amide bonds. The smallest absolute Gasteiger partial charge is 0.0794 e. The Labute approximate surface area is 105 Å². The zero-order valence-electron chi connectivity index (χ0n) is 9.34. The average Bonchev–Trinajstić information content (AvgIpc) is 2.88. The molecule has 1 unspecified atom stereocenters. The van der Waals surface area contributed by atoms with Crippen LogP contribution in [0.4, 0.5) is 0 Å². The van der Waals surface area contributed by atoms with E-state index in [-0.39, 0.29) is 6.04 Å². The summed E-state index contributed by atoms with van der Waals surface area (Å²) >= 11 is 1.62. The fraction of sp³-hybridized carbons (Fsp3) is 0.231. The molecule has 1 atom stereocenters. The Hall–Kier alpha value is -1.70. The summed E-state index contributed by atoms with van der Waals surface area (Å²) in [6, 6.07) is 12.4. The van der Waals surface area contributed by atoms with Gasteiger partial charge in [0.05, 0.1) is 18.0 Å². The van der Waals surface area contributed by atoms with Crippen LogP contribution in [0.3, 0.4) is 0 Å². The van der Waals surface area contributed by atoms with Gasteiger partial charge in [0.2, 0.25) is 0 Å². The molecule has 0 aliphatic rings. The zero-order chi connectivity index (χ0) is 11.9. The van der Waals surface area contributed by atoms with Crippen LogP contribution in [0.2, 0.25) is 0 Å². The van der Waals surface area contributed by atoms with Crippen molar-refractivity contribution >= 4 is 11.3 Å². The van der Waals surface area contributed by atoms with Crippen molar-refractivity contribution in [1.29, 1.82) is 5.26 Å². The number of aromatic nitrogens is 1.